The standard InChI is InChI=1S/C25H27N7O3/c1-14(19-7-5-4-6-8-34-19)23-17(11-28-32(23)3)18-9-16-20(12-26-18)35-24-21(15-10-27-31(2)13-15)29-25(33)30-22(16)24/h9-14,19H,4-8H2,1-3H3,(H,29,30,33). The zero-order chi connectivity index (χ0) is 24.1. The second kappa shape index (κ2) is 8.46. The summed E-state index contributed by atoms with van der Waals surface area (Å²) < 4.78 is 15.9. The predicted molar refractivity (Wildman–Crippen MR) is 131 cm³/mol. The van der Waals surface area contributed by atoms with Gasteiger partial charge in [0.15, 0.2) is 11.2 Å². The van der Waals surface area contributed by atoms with Gasteiger partial charge in [-0.15, -0.1) is 0 Å². The summed E-state index contributed by atoms with van der Waals surface area (Å²) in [6.07, 6.45) is 11.7. The lowest BCUT2D eigenvalue weighted by atomic mass is 9.93. The van der Waals surface area contributed by atoms with Gasteiger partial charge in [-0.2, -0.15) is 15.2 Å². The van der Waals surface area contributed by atoms with Crippen molar-refractivity contribution in [2.24, 2.45) is 14.1 Å². The minimum Gasteiger partial charge on any atom is -0.450 e. The Bertz CT molecular complexity index is 1580. The number of hydrogen-bond acceptors (Lipinski definition) is 7. The molecule has 0 amide bonds. The van der Waals surface area contributed by atoms with Crippen LogP contribution in [-0.4, -0.2) is 47.2 Å². The van der Waals surface area contributed by atoms with Crippen LogP contribution >= 0.6 is 0 Å². The van der Waals surface area contributed by atoms with Crippen molar-refractivity contribution in [2.75, 3.05) is 6.61 Å². The number of aryl methyl sites for hydroxylation is 2. The van der Waals surface area contributed by atoms with Gasteiger partial charge in [-0.25, -0.2) is 4.79 Å². The zero-order valence-electron chi connectivity index (χ0n) is 20.0. The molecule has 2 atom stereocenters. The van der Waals surface area contributed by atoms with Gasteiger partial charge < -0.3 is 14.1 Å². The summed E-state index contributed by atoms with van der Waals surface area (Å²) in [6.45, 7) is 3.00. The molecule has 0 spiro atoms. The normalized spacial score (nSPS) is 17.7. The highest BCUT2D eigenvalue weighted by Gasteiger charge is 2.27. The van der Waals surface area contributed by atoms with Crippen LogP contribution in [0.3, 0.4) is 0 Å². The number of fused-ring (bicyclic) bond motifs is 3. The van der Waals surface area contributed by atoms with E-state index in [1.807, 2.05) is 31.0 Å². The van der Waals surface area contributed by atoms with E-state index < -0.39 is 5.69 Å². The Labute approximate surface area is 200 Å². The van der Waals surface area contributed by atoms with Gasteiger partial charge in [0.2, 0.25) is 0 Å². The second-order valence-electron chi connectivity index (χ2n) is 9.28. The van der Waals surface area contributed by atoms with Crippen LogP contribution in [0.1, 0.15) is 44.2 Å². The highest BCUT2D eigenvalue weighted by Crippen LogP contribution is 2.37. The smallest absolute Gasteiger partial charge is 0.346 e. The molecule has 0 aliphatic carbocycles. The number of ether oxygens (including phenoxy) is 1. The SMILES string of the molecule is CC(c1c(-c2cc3c(cn2)oc2c(-c4cnn(C)c4)nc(=O)[nH]c23)cnn1C)C1CCCCCO1. The quantitative estimate of drug-likeness (QED) is 0.420. The number of furan rings is 1. The second-order valence-corrected chi connectivity index (χ2v) is 9.28. The first-order valence-corrected chi connectivity index (χ1v) is 11.9. The van der Waals surface area contributed by atoms with Crippen molar-refractivity contribution >= 4 is 22.1 Å². The topological polar surface area (TPSA) is 117 Å². The maximum Gasteiger partial charge on any atom is 0.346 e. The van der Waals surface area contributed by atoms with E-state index in [1.54, 1.807) is 23.3 Å². The number of nitrogens with zero attached hydrogens (tertiary/aromatic N) is 6. The highest BCUT2D eigenvalue weighted by molar-refractivity contribution is 6.06. The molecule has 0 aromatic carbocycles. The van der Waals surface area contributed by atoms with E-state index >= 15 is 0 Å². The molecule has 1 fully saturated rings. The Kier molecular flexibility index (Phi) is 5.25. The summed E-state index contributed by atoms with van der Waals surface area (Å²) in [6, 6.07) is 1.95. The van der Waals surface area contributed by atoms with Gasteiger partial charge in [0.05, 0.1) is 41.6 Å². The van der Waals surface area contributed by atoms with E-state index in [9.17, 15) is 4.79 Å². The molecule has 1 aliphatic heterocycles. The third kappa shape index (κ3) is 3.74. The molecule has 0 bridgehead atoms. The van der Waals surface area contributed by atoms with Crippen molar-refractivity contribution in [1.82, 2.24) is 34.5 Å². The summed E-state index contributed by atoms with van der Waals surface area (Å²) in [5.41, 5.74) is 5.19. The van der Waals surface area contributed by atoms with E-state index in [-0.39, 0.29) is 12.0 Å². The van der Waals surface area contributed by atoms with Crippen LogP contribution in [0.2, 0.25) is 0 Å². The van der Waals surface area contributed by atoms with Crippen LogP contribution in [0, 0.1) is 0 Å². The fraction of sp³-hybridized carbons (Fsp3) is 0.400. The minimum atomic E-state index is -0.446. The zero-order valence-corrected chi connectivity index (χ0v) is 20.0. The summed E-state index contributed by atoms with van der Waals surface area (Å²) in [5.74, 6) is 0.162. The van der Waals surface area contributed by atoms with Crippen LogP contribution in [-0.2, 0) is 18.8 Å². The molecule has 0 radical (unpaired) electrons. The van der Waals surface area contributed by atoms with Crippen LogP contribution in [0.5, 0.6) is 0 Å². The number of aromatic amines is 1. The minimum absolute atomic E-state index is 0.148. The summed E-state index contributed by atoms with van der Waals surface area (Å²) in [7, 11) is 3.77. The maximum absolute atomic E-state index is 12.5. The lowest BCUT2D eigenvalue weighted by Crippen LogP contribution is -2.22. The molecule has 1 saturated heterocycles. The van der Waals surface area contributed by atoms with E-state index in [1.165, 1.54) is 12.8 Å². The number of hydrogen-bond donors (Lipinski definition) is 1. The van der Waals surface area contributed by atoms with Crippen molar-refractivity contribution in [3.05, 3.63) is 47.0 Å². The monoisotopic (exact) mass is 473 g/mol. The first kappa shape index (κ1) is 21.7. The van der Waals surface area contributed by atoms with Gasteiger partial charge in [-0.3, -0.25) is 14.3 Å². The Morgan fingerprint density at radius 1 is 1.14 bits per heavy atom. The van der Waals surface area contributed by atoms with Crippen molar-refractivity contribution in [3.8, 4) is 22.5 Å². The summed E-state index contributed by atoms with van der Waals surface area (Å²) in [5, 5.41) is 9.52. The summed E-state index contributed by atoms with van der Waals surface area (Å²) >= 11 is 0. The first-order chi connectivity index (χ1) is 17.0. The molecular formula is C25H27N7O3. The average Bonchev–Trinajstić information content (AvgIpc) is 3.48. The van der Waals surface area contributed by atoms with Gasteiger partial charge in [0.1, 0.15) is 5.69 Å². The predicted octanol–water partition coefficient (Wildman–Crippen LogP) is 3.93. The average molecular weight is 474 g/mol. The Morgan fingerprint density at radius 3 is 2.86 bits per heavy atom. The molecule has 5 aromatic heterocycles. The Morgan fingerprint density at radius 2 is 2.03 bits per heavy atom. The summed E-state index contributed by atoms with van der Waals surface area (Å²) in [4.78, 5) is 24.2. The van der Waals surface area contributed by atoms with Crippen molar-refractivity contribution in [3.63, 3.8) is 0 Å². The van der Waals surface area contributed by atoms with Crippen molar-refractivity contribution in [1.29, 1.82) is 0 Å². The van der Waals surface area contributed by atoms with E-state index in [2.05, 4.69) is 27.1 Å². The van der Waals surface area contributed by atoms with Gasteiger partial charge in [-0.05, 0) is 18.9 Å². The third-order valence-corrected chi connectivity index (χ3v) is 6.93. The number of nitrogens with one attached hydrogen (secondary N) is 1. The Balaban J connectivity index is 1.48. The molecule has 6 heterocycles. The lowest BCUT2D eigenvalue weighted by Gasteiger charge is -2.24. The van der Waals surface area contributed by atoms with Gasteiger partial charge in [0, 0.05) is 49.3 Å². The van der Waals surface area contributed by atoms with Crippen LogP contribution in [0.25, 0.3) is 44.6 Å². The first-order valence-electron chi connectivity index (χ1n) is 11.9. The van der Waals surface area contributed by atoms with Crippen LogP contribution in [0.4, 0.5) is 0 Å². The van der Waals surface area contributed by atoms with Gasteiger partial charge in [0.25, 0.3) is 0 Å². The molecule has 1 N–H and O–H groups in total. The van der Waals surface area contributed by atoms with Crippen molar-refractivity contribution in [2.45, 2.75) is 44.6 Å². The molecule has 35 heavy (non-hydrogen) atoms. The molecule has 0 saturated carbocycles. The molecule has 10 nitrogen and oxygen atoms in total. The van der Waals surface area contributed by atoms with E-state index in [0.717, 1.165) is 41.8 Å². The number of H-pyrrole nitrogens is 1. The van der Waals surface area contributed by atoms with Crippen LogP contribution in [0.15, 0.2) is 40.1 Å². The molecule has 180 valence electrons. The molecule has 10 heteroatoms. The molecule has 1 aliphatic rings. The number of rotatable bonds is 4. The molecular weight excluding hydrogens is 446 g/mol. The van der Waals surface area contributed by atoms with Gasteiger partial charge >= 0.3 is 5.69 Å². The van der Waals surface area contributed by atoms with Crippen LogP contribution < -0.4 is 5.69 Å². The lowest BCUT2D eigenvalue weighted by molar-refractivity contribution is 0.0414. The van der Waals surface area contributed by atoms with Crippen molar-refractivity contribution < 1.29 is 9.15 Å². The number of pyridine rings is 1. The molecule has 2 unspecified atom stereocenters. The van der Waals surface area contributed by atoms with Gasteiger partial charge in [-0.1, -0.05) is 19.8 Å². The highest BCUT2D eigenvalue weighted by atomic mass is 16.5. The number of aromatic nitrogens is 7. The largest absolute Gasteiger partial charge is 0.450 e. The molecule has 6 rings (SSSR count). The fourth-order valence-electron chi connectivity index (χ4n) is 5.16. The third-order valence-electron chi connectivity index (χ3n) is 6.93. The molecule has 5 aromatic rings. The Hall–Kier alpha value is -3.79. The maximum atomic E-state index is 12.5. The van der Waals surface area contributed by atoms with E-state index in [4.69, 9.17) is 14.1 Å². The fourth-order valence-corrected chi connectivity index (χ4v) is 5.16. The van der Waals surface area contributed by atoms with E-state index in [0.29, 0.717) is 27.9 Å².